The van der Waals surface area contributed by atoms with Crippen molar-refractivity contribution >= 4 is 0 Å². The summed E-state index contributed by atoms with van der Waals surface area (Å²) in [5, 5.41) is 3.56. The van der Waals surface area contributed by atoms with Crippen LogP contribution in [0.5, 0.6) is 0 Å². The van der Waals surface area contributed by atoms with Crippen LogP contribution in [0.2, 0.25) is 0 Å². The van der Waals surface area contributed by atoms with Gasteiger partial charge in [-0.25, -0.2) is 0 Å². The van der Waals surface area contributed by atoms with Gasteiger partial charge in [0.15, 0.2) is 0 Å². The van der Waals surface area contributed by atoms with Crippen LogP contribution in [0.25, 0.3) is 0 Å². The molecule has 1 aliphatic rings. The van der Waals surface area contributed by atoms with Crippen LogP contribution in [0, 0.1) is 13.8 Å². The zero-order chi connectivity index (χ0) is 14.5. The van der Waals surface area contributed by atoms with Crippen LogP contribution < -0.4 is 5.32 Å². The molecular weight excluding hydrogens is 244 g/mol. The summed E-state index contributed by atoms with van der Waals surface area (Å²) < 4.78 is 0. The Labute approximate surface area is 124 Å². The minimum atomic E-state index is 0.514. The van der Waals surface area contributed by atoms with E-state index in [1.807, 2.05) is 0 Å². The number of piperidine rings is 1. The minimum Gasteiger partial charge on any atom is -0.315 e. The maximum Gasteiger partial charge on any atom is 0.0325 e. The van der Waals surface area contributed by atoms with Crippen LogP contribution in [-0.2, 0) is 0 Å². The summed E-state index contributed by atoms with van der Waals surface area (Å²) in [4.78, 5) is 2.71. The monoisotopic (exact) mass is 274 g/mol. The van der Waals surface area contributed by atoms with Crippen molar-refractivity contribution in [2.45, 2.75) is 59.0 Å². The van der Waals surface area contributed by atoms with Gasteiger partial charge in [0.25, 0.3) is 0 Å². The molecule has 0 bridgehead atoms. The molecular formula is C18H30N2. The van der Waals surface area contributed by atoms with E-state index in [0.29, 0.717) is 12.1 Å². The number of hydrogen-bond acceptors (Lipinski definition) is 2. The van der Waals surface area contributed by atoms with Crippen molar-refractivity contribution in [2.75, 3.05) is 19.6 Å². The lowest BCUT2D eigenvalue weighted by molar-refractivity contribution is 0.120. The van der Waals surface area contributed by atoms with Crippen LogP contribution in [0.3, 0.4) is 0 Å². The third-order valence-electron chi connectivity index (χ3n) is 4.59. The molecule has 2 nitrogen and oxygen atoms in total. The molecule has 1 fully saturated rings. The predicted molar refractivity (Wildman–Crippen MR) is 87.2 cm³/mol. The Morgan fingerprint density at radius 2 is 2.15 bits per heavy atom. The van der Waals surface area contributed by atoms with E-state index in [1.165, 1.54) is 49.0 Å². The van der Waals surface area contributed by atoms with Crippen LogP contribution in [0.15, 0.2) is 18.2 Å². The van der Waals surface area contributed by atoms with Crippen LogP contribution >= 0.6 is 0 Å². The largest absolute Gasteiger partial charge is 0.315 e. The second-order valence-electron chi connectivity index (χ2n) is 6.27. The molecule has 1 aromatic carbocycles. The fourth-order valence-corrected chi connectivity index (χ4v) is 3.54. The van der Waals surface area contributed by atoms with Gasteiger partial charge in [-0.05, 0) is 64.3 Å². The Kier molecular flexibility index (Phi) is 5.62. The Bertz CT molecular complexity index is 421. The average Bonchev–Trinajstić information content (AvgIpc) is 2.45. The topological polar surface area (TPSA) is 15.3 Å². The molecule has 20 heavy (non-hydrogen) atoms. The smallest absolute Gasteiger partial charge is 0.0325 e. The maximum atomic E-state index is 3.56. The maximum absolute atomic E-state index is 3.56. The van der Waals surface area contributed by atoms with Crippen molar-refractivity contribution in [3.63, 3.8) is 0 Å². The second-order valence-corrected chi connectivity index (χ2v) is 6.27. The average molecular weight is 274 g/mol. The van der Waals surface area contributed by atoms with Crippen molar-refractivity contribution in [1.29, 1.82) is 0 Å². The molecule has 2 unspecified atom stereocenters. The molecule has 0 spiro atoms. The number of nitrogens with zero attached hydrogens (tertiary/aromatic N) is 1. The Morgan fingerprint density at radius 3 is 2.75 bits per heavy atom. The van der Waals surface area contributed by atoms with Crippen LogP contribution in [0.1, 0.15) is 55.8 Å². The van der Waals surface area contributed by atoms with E-state index in [2.05, 4.69) is 56.1 Å². The number of benzene rings is 1. The summed E-state index contributed by atoms with van der Waals surface area (Å²) in [6, 6.07) is 8.10. The van der Waals surface area contributed by atoms with Crippen molar-refractivity contribution in [1.82, 2.24) is 10.2 Å². The highest BCUT2D eigenvalue weighted by Gasteiger charge is 2.25. The highest BCUT2D eigenvalue weighted by atomic mass is 15.2. The normalized spacial score (nSPS) is 21.1. The first-order valence-corrected chi connectivity index (χ1v) is 8.17. The molecule has 1 aliphatic heterocycles. The van der Waals surface area contributed by atoms with E-state index in [-0.39, 0.29) is 0 Å². The zero-order valence-corrected chi connectivity index (χ0v) is 13.6. The first kappa shape index (κ1) is 15.5. The lowest BCUT2D eigenvalue weighted by atomic mass is 9.96. The molecule has 2 atom stereocenters. The summed E-state index contributed by atoms with van der Waals surface area (Å²) in [5.74, 6) is 0. The number of hydrogen-bond donors (Lipinski definition) is 1. The molecule has 0 amide bonds. The highest BCUT2D eigenvalue weighted by Crippen LogP contribution is 2.28. The van der Waals surface area contributed by atoms with Crippen molar-refractivity contribution in [2.24, 2.45) is 0 Å². The highest BCUT2D eigenvalue weighted by molar-refractivity contribution is 5.32. The molecule has 1 N–H and O–H groups in total. The summed E-state index contributed by atoms with van der Waals surface area (Å²) in [5.41, 5.74) is 4.29. The van der Waals surface area contributed by atoms with Gasteiger partial charge in [-0.1, -0.05) is 30.7 Å². The van der Waals surface area contributed by atoms with E-state index in [9.17, 15) is 0 Å². The van der Waals surface area contributed by atoms with E-state index in [1.54, 1.807) is 0 Å². The number of rotatable bonds is 5. The number of aryl methyl sites for hydroxylation is 2. The molecule has 0 radical (unpaired) electrons. The lowest BCUT2D eigenvalue weighted by Crippen LogP contribution is -2.47. The standard InChI is InChI=1S/C18H30N2/c1-5-11-20(17-7-6-10-19-13-17)16(4)18-9-8-14(2)12-15(18)3/h8-9,12,16-17,19H,5-7,10-11,13H2,1-4H3. The van der Waals surface area contributed by atoms with E-state index >= 15 is 0 Å². The zero-order valence-electron chi connectivity index (χ0n) is 13.6. The summed E-state index contributed by atoms with van der Waals surface area (Å²) >= 11 is 0. The van der Waals surface area contributed by atoms with Gasteiger partial charge in [0.2, 0.25) is 0 Å². The molecule has 0 saturated carbocycles. The number of nitrogens with one attached hydrogen (secondary N) is 1. The summed E-state index contributed by atoms with van der Waals surface area (Å²) in [6.45, 7) is 12.6. The van der Waals surface area contributed by atoms with Gasteiger partial charge in [0.1, 0.15) is 0 Å². The van der Waals surface area contributed by atoms with Crippen LogP contribution in [0.4, 0.5) is 0 Å². The predicted octanol–water partition coefficient (Wildman–Crippen LogP) is 3.83. The summed E-state index contributed by atoms with van der Waals surface area (Å²) in [6.07, 6.45) is 3.87. The molecule has 1 heterocycles. The molecule has 1 aromatic rings. The third kappa shape index (κ3) is 3.62. The minimum absolute atomic E-state index is 0.514. The van der Waals surface area contributed by atoms with Crippen molar-refractivity contribution in [3.8, 4) is 0 Å². The van der Waals surface area contributed by atoms with Gasteiger partial charge in [-0.15, -0.1) is 0 Å². The Hall–Kier alpha value is -0.860. The lowest BCUT2D eigenvalue weighted by Gasteiger charge is -2.39. The second kappa shape index (κ2) is 7.24. The van der Waals surface area contributed by atoms with Gasteiger partial charge in [-0.3, -0.25) is 4.90 Å². The molecule has 0 aromatic heterocycles. The van der Waals surface area contributed by atoms with E-state index in [4.69, 9.17) is 0 Å². The van der Waals surface area contributed by atoms with E-state index < -0.39 is 0 Å². The molecule has 112 valence electrons. The van der Waals surface area contributed by atoms with E-state index in [0.717, 1.165) is 6.54 Å². The first-order chi connectivity index (χ1) is 9.63. The summed E-state index contributed by atoms with van der Waals surface area (Å²) in [7, 11) is 0. The molecule has 0 aliphatic carbocycles. The van der Waals surface area contributed by atoms with Crippen molar-refractivity contribution in [3.05, 3.63) is 34.9 Å². The SMILES string of the molecule is CCCN(C1CCCNC1)C(C)c1ccc(C)cc1C. The molecule has 2 heteroatoms. The van der Waals surface area contributed by atoms with Crippen molar-refractivity contribution < 1.29 is 0 Å². The first-order valence-electron chi connectivity index (χ1n) is 8.17. The Morgan fingerprint density at radius 1 is 1.35 bits per heavy atom. The van der Waals surface area contributed by atoms with Gasteiger partial charge >= 0.3 is 0 Å². The van der Waals surface area contributed by atoms with Crippen LogP contribution in [-0.4, -0.2) is 30.6 Å². The molecule has 1 saturated heterocycles. The Balaban J connectivity index is 2.18. The molecule has 2 rings (SSSR count). The van der Waals surface area contributed by atoms with Gasteiger partial charge in [0, 0.05) is 18.6 Å². The van der Waals surface area contributed by atoms with Gasteiger partial charge in [0.05, 0.1) is 0 Å². The fraction of sp³-hybridized carbons (Fsp3) is 0.667. The third-order valence-corrected chi connectivity index (χ3v) is 4.59. The van der Waals surface area contributed by atoms with Gasteiger partial charge < -0.3 is 5.32 Å². The van der Waals surface area contributed by atoms with Gasteiger partial charge in [-0.2, -0.15) is 0 Å². The fourth-order valence-electron chi connectivity index (χ4n) is 3.54. The quantitative estimate of drug-likeness (QED) is 0.878.